The molecule has 4 amide bonds. The number of hydrogen-bond donors (Lipinski definition) is 2. The predicted octanol–water partition coefficient (Wildman–Crippen LogP) is 2.71. The second-order valence-electron chi connectivity index (χ2n) is 7.54. The average molecular weight is 422 g/mol. The lowest BCUT2D eigenvalue weighted by Gasteiger charge is -2.36. The molecule has 29 heavy (non-hydrogen) atoms. The largest absolute Gasteiger partial charge is 0.451 e. The number of nitrogens with zero attached hydrogens (tertiary/aromatic N) is 1. The first-order chi connectivity index (χ1) is 13.7. The maximum absolute atomic E-state index is 12.9. The van der Waals surface area contributed by atoms with Gasteiger partial charge in [0.2, 0.25) is 0 Å². The van der Waals surface area contributed by atoms with Crippen molar-refractivity contribution in [2.75, 3.05) is 11.9 Å². The third kappa shape index (κ3) is 4.22. The Kier molecular flexibility index (Phi) is 6.12. The fourth-order valence-electron chi connectivity index (χ4n) is 3.85. The molecule has 0 unspecified atom stereocenters. The highest BCUT2D eigenvalue weighted by atomic mass is 35.5. The summed E-state index contributed by atoms with van der Waals surface area (Å²) in [5.41, 5.74) is -0.549. The SMILES string of the molecule is C[C@H](OC(=O)CN1C(=O)N[C@@]2(CCCC[C@H]2C)C1=O)C(=O)Nc1ccccc1Cl. The van der Waals surface area contributed by atoms with Crippen LogP contribution < -0.4 is 10.6 Å². The molecule has 1 heterocycles. The number of hydrogen-bond acceptors (Lipinski definition) is 5. The summed E-state index contributed by atoms with van der Waals surface area (Å²) in [5, 5.41) is 5.70. The van der Waals surface area contributed by atoms with Gasteiger partial charge in [-0.05, 0) is 37.8 Å². The number of imide groups is 1. The number of halogens is 1. The van der Waals surface area contributed by atoms with E-state index >= 15 is 0 Å². The molecule has 1 aromatic carbocycles. The van der Waals surface area contributed by atoms with Crippen molar-refractivity contribution in [1.82, 2.24) is 10.2 Å². The molecule has 156 valence electrons. The minimum Gasteiger partial charge on any atom is -0.451 e. The molecule has 0 aromatic heterocycles. The number of anilines is 1. The van der Waals surface area contributed by atoms with Gasteiger partial charge < -0.3 is 15.4 Å². The Bertz CT molecular complexity index is 845. The van der Waals surface area contributed by atoms with Crippen LogP contribution in [0.5, 0.6) is 0 Å². The van der Waals surface area contributed by atoms with Gasteiger partial charge in [-0.15, -0.1) is 0 Å². The Morgan fingerprint density at radius 1 is 1.34 bits per heavy atom. The summed E-state index contributed by atoms with van der Waals surface area (Å²) < 4.78 is 5.12. The van der Waals surface area contributed by atoms with E-state index in [0.717, 1.165) is 24.2 Å². The van der Waals surface area contributed by atoms with E-state index in [2.05, 4.69) is 10.6 Å². The third-order valence-electron chi connectivity index (χ3n) is 5.60. The molecule has 2 aliphatic rings. The monoisotopic (exact) mass is 421 g/mol. The molecule has 1 aliphatic heterocycles. The number of esters is 1. The van der Waals surface area contributed by atoms with E-state index in [1.54, 1.807) is 24.3 Å². The lowest BCUT2D eigenvalue weighted by atomic mass is 9.73. The molecule has 2 fully saturated rings. The van der Waals surface area contributed by atoms with Crippen molar-refractivity contribution in [2.45, 2.75) is 51.2 Å². The number of carbonyl (C=O) groups excluding carboxylic acids is 4. The first kappa shape index (κ1) is 21.1. The highest BCUT2D eigenvalue weighted by Crippen LogP contribution is 2.38. The van der Waals surface area contributed by atoms with Gasteiger partial charge in [-0.1, -0.05) is 43.5 Å². The maximum Gasteiger partial charge on any atom is 0.327 e. The summed E-state index contributed by atoms with van der Waals surface area (Å²) in [6, 6.07) is 6.06. The van der Waals surface area contributed by atoms with E-state index in [4.69, 9.17) is 16.3 Å². The fourth-order valence-corrected chi connectivity index (χ4v) is 4.04. The Balaban J connectivity index is 1.58. The molecule has 2 N–H and O–H groups in total. The van der Waals surface area contributed by atoms with E-state index in [-0.39, 0.29) is 5.92 Å². The second kappa shape index (κ2) is 8.41. The molecule has 8 nitrogen and oxygen atoms in total. The number of amides is 4. The van der Waals surface area contributed by atoms with Gasteiger partial charge in [-0.3, -0.25) is 19.3 Å². The van der Waals surface area contributed by atoms with Crippen LogP contribution in [0.3, 0.4) is 0 Å². The molecule has 1 aromatic rings. The smallest absolute Gasteiger partial charge is 0.327 e. The Hall–Kier alpha value is -2.61. The van der Waals surface area contributed by atoms with Crippen molar-refractivity contribution in [3.63, 3.8) is 0 Å². The molecule has 3 rings (SSSR count). The van der Waals surface area contributed by atoms with Gasteiger partial charge >= 0.3 is 12.0 Å². The molecule has 9 heteroatoms. The van der Waals surface area contributed by atoms with E-state index in [9.17, 15) is 19.2 Å². The van der Waals surface area contributed by atoms with Gasteiger partial charge in [0.15, 0.2) is 6.10 Å². The Labute approximate surface area is 173 Å². The number of carbonyl (C=O) groups is 4. The fraction of sp³-hybridized carbons (Fsp3) is 0.500. The average Bonchev–Trinajstić information content (AvgIpc) is 2.91. The van der Waals surface area contributed by atoms with Crippen LogP contribution in [0, 0.1) is 5.92 Å². The molecule has 1 saturated carbocycles. The van der Waals surface area contributed by atoms with Crippen molar-refractivity contribution in [1.29, 1.82) is 0 Å². The van der Waals surface area contributed by atoms with Crippen molar-refractivity contribution < 1.29 is 23.9 Å². The van der Waals surface area contributed by atoms with Crippen LogP contribution in [0.2, 0.25) is 5.02 Å². The lowest BCUT2D eigenvalue weighted by Crippen LogP contribution is -2.54. The summed E-state index contributed by atoms with van der Waals surface area (Å²) in [4.78, 5) is 50.6. The van der Waals surface area contributed by atoms with Gasteiger partial charge in [0, 0.05) is 0 Å². The first-order valence-electron chi connectivity index (χ1n) is 9.63. The number of nitrogens with one attached hydrogen (secondary N) is 2. The Morgan fingerprint density at radius 3 is 2.76 bits per heavy atom. The highest BCUT2D eigenvalue weighted by molar-refractivity contribution is 6.33. The summed E-state index contributed by atoms with van der Waals surface area (Å²) in [6.45, 7) is 2.80. The standard InChI is InChI=1S/C20H24ClN3O5/c1-12-7-5-6-10-20(12)18(27)24(19(28)23-20)11-16(25)29-13(2)17(26)22-15-9-4-3-8-14(15)21/h3-4,8-9,12-13H,5-7,10-11H2,1-2H3,(H,22,26)(H,23,28)/t12-,13+,20-/m1/s1. The predicted molar refractivity (Wildman–Crippen MR) is 106 cm³/mol. The maximum atomic E-state index is 12.9. The van der Waals surface area contributed by atoms with Crippen LogP contribution in [0.1, 0.15) is 39.5 Å². The quantitative estimate of drug-likeness (QED) is 0.561. The highest BCUT2D eigenvalue weighted by Gasteiger charge is 2.55. The molecule has 0 bridgehead atoms. The van der Waals surface area contributed by atoms with E-state index < -0.39 is 42.0 Å². The van der Waals surface area contributed by atoms with E-state index in [1.165, 1.54) is 6.92 Å². The molecule has 0 radical (unpaired) electrons. The van der Waals surface area contributed by atoms with Gasteiger partial charge in [0.05, 0.1) is 10.7 Å². The summed E-state index contributed by atoms with van der Waals surface area (Å²) in [6.07, 6.45) is 2.12. The van der Waals surface area contributed by atoms with Crippen LogP contribution >= 0.6 is 11.6 Å². The number of para-hydroxylation sites is 1. The van der Waals surface area contributed by atoms with Gasteiger partial charge in [0.25, 0.3) is 11.8 Å². The molecule has 1 spiro atoms. The number of benzene rings is 1. The molecule has 3 atom stereocenters. The van der Waals surface area contributed by atoms with Crippen molar-refractivity contribution in [3.05, 3.63) is 29.3 Å². The third-order valence-corrected chi connectivity index (χ3v) is 5.93. The van der Waals surface area contributed by atoms with Crippen LogP contribution in [0.4, 0.5) is 10.5 Å². The number of ether oxygens (including phenoxy) is 1. The molecular formula is C20H24ClN3O5. The minimum atomic E-state index is -1.12. The molecular weight excluding hydrogens is 398 g/mol. The van der Waals surface area contributed by atoms with E-state index in [1.807, 2.05) is 6.92 Å². The van der Waals surface area contributed by atoms with Crippen LogP contribution in [-0.4, -0.2) is 46.9 Å². The van der Waals surface area contributed by atoms with E-state index in [0.29, 0.717) is 17.1 Å². The summed E-state index contributed by atoms with van der Waals surface area (Å²) in [5.74, 6) is -1.81. The topological polar surface area (TPSA) is 105 Å². The zero-order valence-corrected chi connectivity index (χ0v) is 17.1. The van der Waals surface area contributed by atoms with Crippen LogP contribution in [0.25, 0.3) is 0 Å². The summed E-state index contributed by atoms with van der Waals surface area (Å²) >= 11 is 6.00. The lowest BCUT2D eigenvalue weighted by molar-refractivity contribution is -0.155. The van der Waals surface area contributed by atoms with Crippen LogP contribution in [0.15, 0.2) is 24.3 Å². The zero-order valence-electron chi connectivity index (χ0n) is 16.4. The molecule has 1 saturated heterocycles. The number of urea groups is 1. The molecule has 1 aliphatic carbocycles. The van der Waals surface area contributed by atoms with Gasteiger partial charge in [0.1, 0.15) is 12.1 Å². The van der Waals surface area contributed by atoms with Crippen molar-refractivity contribution in [2.24, 2.45) is 5.92 Å². The van der Waals surface area contributed by atoms with Gasteiger partial charge in [-0.2, -0.15) is 0 Å². The van der Waals surface area contributed by atoms with Gasteiger partial charge in [-0.25, -0.2) is 4.79 Å². The minimum absolute atomic E-state index is 0.00552. The second-order valence-corrected chi connectivity index (χ2v) is 7.95. The normalized spacial score (nSPS) is 24.9. The first-order valence-corrected chi connectivity index (χ1v) is 10.0. The van der Waals surface area contributed by atoms with Crippen molar-refractivity contribution in [3.8, 4) is 0 Å². The summed E-state index contributed by atoms with van der Waals surface area (Å²) in [7, 11) is 0. The zero-order chi connectivity index (χ0) is 21.2. The van der Waals surface area contributed by atoms with Crippen molar-refractivity contribution >= 4 is 41.1 Å². The Morgan fingerprint density at radius 2 is 2.07 bits per heavy atom. The van der Waals surface area contributed by atoms with Crippen LogP contribution in [-0.2, 0) is 19.1 Å². The number of rotatable bonds is 5.